The van der Waals surface area contributed by atoms with E-state index in [4.69, 9.17) is 4.98 Å². The topological polar surface area (TPSA) is 44.3 Å². The molecule has 5 heteroatoms. The highest BCUT2D eigenvalue weighted by atomic mass is 15.3. The van der Waals surface area contributed by atoms with Crippen LogP contribution in [-0.4, -0.2) is 41.0 Å². The quantitative estimate of drug-likeness (QED) is 0.700. The molecular weight excluding hydrogens is 358 g/mol. The molecule has 0 radical (unpaired) electrons. The van der Waals surface area contributed by atoms with Gasteiger partial charge < -0.3 is 10.2 Å². The number of benzene rings is 2. The van der Waals surface area contributed by atoms with Gasteiger partial charge in [-0.25, -0.2) is 4.98 Å². The Balaban J connectivity index is 1.44. The third-order valence-corrected chi connectivity index (χ3v) is 5.50. The van der Waals surface area contributed by atoms with Crippen LogP contribution in [0, 0.1) is 20.8 Å². The van der Waals surface area contributed by atoms with Gasteiger partial charge in [-0.05, 0) is 37.5 Å². The summed E-state index contributed by atoms with van der Waals surface area (Å²) in [6.07, 6.45) is 0. The van der Waals surface area contributed by atoms with Crippen molar-refractivity contribution in [2.75, 3.05) is 36.4 Å². The van der Waals surface area contributed by atoms with E-state index in [9.17, 15) is 0 Å². The number of piperazine rings is 1. The second-order valence-corrected chi connectivity index (χ2v) is 7.83. The Kier molecular flexibility index (Phi) is 5.76. The fourth-order valence-corrected chi connectivity index (χ4v) is 3.87. The van der Waals surface area contributed by atoms with Crippen molar-refractivity contribution < 1.29 is 0 Å². The first-order valence-electron chi connectivity index (χ1n) is 10.3. The molecule has 4 rings (SSSR count). The Labute approximate surface area is 173 Å². The normalized spacial score (nSPS) is 14.8. The van der Waals surface area contributed by atoms with Crippen LogP contribution in [0.15, 0.2) is 54.6 Å². The Hall–Kier alpha value is -2.92. The molecule has 150 valence electrons. The van der Waals surface area contributed by atoms with Gasteiger partial charge in [-0.15, -0.1) is 0 Å². The van der Waals surface area contributed by atoms with E-state index in [1.54, 1.807) is 0 Å². The maximum absolute atomic E-state index is 4.83. The second kappa shape index (κ2) is 8.62. The summed E-state index contributed by atoms with van der Waals surface area (Å²) < 4.78 is 0. The Morgan fingerprint density at radius 2 is 1.52 bits per heavy atom. The fourth-order valence-electron chi connectivity index (χ4n) is 3.87. The highest BCUT2D eigenvalue weighted by Crippen LogP contribution is 2.24. The van der Waals surface area contributed by atoms with E-state index >= 15 is 0 Å². The number of para-hydroxylation sites is 1. The van der Waals surface area contributed by atoms with Crippen LogP contribution in [0.2, 0.25) is 0 Å². The molecular formula is C24H29N5. The van der Waals surface area contributed by atoms with Gasteiger partial charge in [0.25, 0.3) is 0 Å². The summed E-state index contributed by atoms with van der Waals surface area (Å²) in [5, 5.41) is 3.44. The van der Waals surface area contributed by atoms with Crippen LogP contribution in [-0.2, 0) is 6.54 Å². The van der Waals surface area contributed by atoms with Crippen molar-refractivity contribution in [3.63, 3.8) is 0 Å². The zero-order valence-corrected chi connectivity index (χ0v) is 17.5. The van der Waals surface area contributed by atoms with Crippen molar-refractivity contribution in [3.05, 3.63) is 77.0 Å². The molecule has 3 aromatic rings. The molecule has 1 N–H and O–H groups in total. The summed E-state index contributed by atoms with van der Waals surface area (Å²) in [5.74, 6) is 1.68. The third-order valence-electron chi connectivity index (χ3n) is 5.50. The second-order valence-electron chi connectivity index (χ2n) is 7.83. The maximum Gasteiger partial charge on any atom is 0.229 e. The molecule has 2 aromatic carbocycles. The molecule has 0 saturated carbocycles. The van der Waals surface area contributed by atoms with Crippen LogP contribution < -0.4 is 10.2 Å². The molecule has 2 heterocycles. The molecule has 0 bridgehead atoms. The summed E-state index contributed by atoms with van der Waals surface area (Å²) in [6.45, 7) is 11.3. The van der Waals surface area contributed by atoms with Crippen LogP contribution in [0.25, 0.3) is 0 Å². The zero-order valence-electron chi connectivity index (χ0n) is 17.5. The molecule has 0 amide bonds. The highest BCUT2D eigenvalue weighted by Gasteiger charge is 2.19. The van der Waals surface area contributed by atoms with E-state index in [-0.39, 0.29) is 0 Å². The molecule has 0 atom stereocenters. The van der Waals surface area contributed by atoms with Gasteiger partial charge in [0.2, 0.25) is 5.95 Å². The first-order valence-corrected chi connectivity index (χ1v) is 10.3. The molecule has 1 aliphatic rings. The molecule has 1 fully saturated rings. The maximum atomic E-state index is 4.83. The van der Waals surface area contributed by atoms with Gasteiger partial charge in [0.15, 0.2) is 0 Å². The fraction of sp³-hybridized carbons (Fsp3) is 0.333. The number of hydrogen-bond donors (Lipinski definition) is 1. The summed E-state index contributed by atoms with van der Waals surface area (Å²) in [4.78, 5) is 14.3. The van der Waals surface area contributed by atoms with Gasteiger partial charge >= 0.3 is 0 Å². The van der Waals surface area contributed by atoms with Crippen LogP contribution >= 0.6 is 0 Å². The zero-order chi connectivity index (χ0) is 20.2. The number of nitrogens with zero attached hydrogens (tertiary/aromatic N) is 4. The summed E-state index contributed by atoms with van der Waals surface area (Å²) in [6, 6.07) is 19.1. The molecule has 1 aromatic heterocycles. The molecule has 29 heavy (non-hydrogen) atoms. The van der Waals surface area contributed by atoms with Gasteiger partial charge in [-0.1, -0.05) is 48.5 Å². The van der Waals surface area contributed by atoms with Crippen molar-refractivity contribution in [3.8, 4) is 0 Å². The molecule has 1 saturated heterocycles. The predicted molar refractivity (Wildman–Crippen MR) is 120 cm³/mol. The van der Waals surface area contributed by atoms with E-state index < -0.39 is 0 Å². The molecule has 1 aliphatic heterocycles. The summed E-state index contributed by atoms with van der Waals surface area (Å²) in [7, 11) is 0. The Bertz CT molecular complexity index is 942. The lowest BCUT2D eigenvalue weighted by molar-refractivity contribution is 0.249. The van der Waals surface area contributed by atoms with Crippen molar-refractivity contribution in [2.45, 2.75) is 27.3 Å². The lowest BCUT2D eigenvalue weighted by atomic mass is 10.1. The summed E-state index contributed by atoms with van der Waals surface area (Å²) in [5.41, 5.74) is 5.85. The van der Waals surface area contributed by atoms with Crippen LogP contribution in [0.3, 0.4) is 0 Å². The minimum Gasteiger partial charge on any atom is -0.354 e. The van der Waals surface area contributed by atoms with Crippen LogP contribution in [0.5, 0.6) is 0 Å². The van der Waals surface area contributed by atoms with Gasteiger partial charge in [-0.2, -0.15) is 4.98 Å². The standard InChI is InChI=1S/C24H29N5/c1-18-8-7-9-19(2)23(18)27-24-25-20(3)16-22(26-24)29-14-12-28(13-15-29)17-21-10-5-4-6-11-21/h4-11,16H,12-15,17H2,1-3H3,(H,25,26,27). The highest BCUT2D eigenvalue weighted by molar-refractivity contribution is 5.63. The average molecular weight is 388 g/mol. The van der Waals surface area contributed by atoms with Gasteiger partial charge in [0.05, 0.1) is 0 Å². The van der Waals surface area contributed by atoms with Crippen molar-refractivity contribution in [2.24, 2.45) is 0 Å². The number of aromatic nitrogens is 2. The molecule has 5 nitrogen and oxygen atoms in total. The third kappa shape index (κ3) is 4.74. The Morgan fingerprint density at radius 1 is 0.828 bits per heavy atom. The minimum absolute atomic E-state index is 0.670. The molecule has 0 unspecified atom stereocenters. The first-order chi connectivity index (χ1) is 14.1. The molecule has 0 aliphatic carbocycles. The van der Waals surface area contributed by atoms with E-state index in [2.05, 4.69) is 88.5 Å². The summed E-state index contributed by atoms with van der Waals surface area (Å²) >= 11 is 0. The van der Waals surface area contributed by atoms with Crippen molar-refractivity contribution >= 4 is 17.5 Å². The Morgan fingerprint density at radius 3 is 2.21 bits per heavy atom. The largest absolute Gasteiger partial charge is 0.354 e. The van der Waals surface area contributed by atoms with Crippen molar-refractivity contribution in [1.82, 2.24) is 14.9 Å². The predicted octanol–water partition coefficient (Wildman–Crippen LogP) is 4.47. The van der Waals surface area contributed by atoms with Crippen LogP contribution in [0.1, 0.15) is 22.4 Å². The monoisotopic (exact) mass is 387 g/mol. The smallest absolute Gasteiger partial charge is 0.229 e. The number of hydrogen-bond acceptors (Lipinski definition) is 5. The number of aryl methyl sites for hydroxylation is 3. The van der Waals surface area contributed by atoms with E-state index in [1.165, 1.54) is 16.7 Å². The van der Waals surface area contributed by atoms with Crippen LogP contribution in [0.4, 0.5) is 17.5 Å². The molecule has 0 spiro atoms. The number of nitrogens with one attached hydrogen (secondary N) is 1. The van der Waals surface area contributed by atoms with Gasteiger partial charge in [0, 0.05) is 50.2 Å². The lowest BCUT2D eigenvalue weighted by Gasteiger charge is -2.35. The van der Waals surface area contributed by atoms with Gasteiger partial charge in [0.1, 0.15) is 5.82 Å². The number of anilines is 3. The van der Waals surface area contributed by atoms with Crippen molar-refractivity contribution in [1.29, 1.82) is 0 Å². The average Bonchev–Trinajstić information content (AvgIpc) is 2.72. The van der Waals surface area contributed by atoms with E-state index in [0.29, 0.717) is 5.95 Å². The van der Waals surface area contributed by atoms with E-state index in [0.717, 1.165) is 49.9 Å². The lowest BCUT2D eigenvalue weighted by Crippen LogP contribution is -2.46. The first kappa shape index (κ1) is 19.4. The minimum atomic E-state index is 0.670. The number of rotatable bonds is 5. The van der Waals surface area contributed by atoms with E-state index in [1.807, 2.05) is 6.92 Å². The SMILES string of the molecule is Cc1cc(N2CCN(Cc3ccccc3)CC2)nc(Nc2c(C)cccc2C)n1. The van der Waals surface area contributed by atoms with Gasteiger partial charge in [-0.3, -0.25) is 4.90 Å².